The van der Waals surface area contributed by atoms with Gasteiger partial charge in [0.1, 0.15) is 10.8 Å². The smallest absolute Gasteiger partial charge is 0.126 e. The minimum absolute atomic E-state index is 0.203. The lowest BCUT2D eigenvalue weighted by Crippen LogP contribution is -2.11. The fourth-order valence-electron chi connectivity index (χ4n) is 1.91. The van der Waals surface area contributed by atoms with E-state index in [4.69, 9.17) is 18.0 Å². The van der Waals surface area contributed by atoms with Crippen molar-refractivity contribution in [3.05, 3.63) is 58.9 Å². The number of hydrogen-bond acceptors (Lipinski definition) is 2. The van der Waals surface area contributed by atoms with Gasteiger partial charge in [0.25, 0.3) is 0 Å². The van der Waals surface area contributed by atoms with E-state index in [1.54, 1.807) is 19.1 Å². The molecule has 0 spiro atoms. The molecule has 2 aromatic rings. The van der Waals surface area contributed by atoms with Crippen LogP contribution in [0.2, 0.25) is 0 Å². The van der Waals surface area contributed by atoms with Gasteiger partial charge in [-0.1, -0.05) is 12.2 Å². The van der Waals surface area contributed by atoms with E-state index in [9.17, 15) is 4.39 Å². The Morgan fingerprint density at radius 2 is 1.63 bits per heavy atom. The fourth-order valence-corrected chi connectivity index (χ4v) is 2.14. The molecule has 2 aromatic carbocycles. The van der Waals surface area contributed by atoms with Crippen molar-refractivity contribution < 1.29 is 4.39 Å². The van der Waals surface area contributed by atoms with E-state index in [1.165, 1.54) is 6.07 Å². The van der Waals surface area contributed by atoms with E-state index >= 15 is 0 Å². The number of nitrogens with one attached hydrogen (secondary N) is 1. The van der Waals surface area contributed by atoms with E-state index in [0.717, 1.165) is 22.5 Å². The zero-order chi connectivity index (χ0) is 14.0. The third kappa shape index (κ3) is 3.09. The van der Waals surface area contributed by atoms with Crippen LogP contribution in [-0.2, 0) is 0 Å². The average molecular weight is 274 g/mol. The average Bonchev–Trinajstić information content (AvgIpc) is 2.33. The molecule has 0 aliphatic rings. The summed E-state index contributed by atoms with van der Waals surface area (Å²) < 4.78 is 13.2. The molecule has 0 saturated heterocycles. The summed E-state index contributed by atoms with van der Waals surface area (Å²) in [5.74, 6) is -0.203. The number of thiocarbonyl (C=S) groups is 1. The Kier molecular flexibility index (Phi) is 3.81. The Labute approximate surface area is 117 Å². The Morgan fingerprint density at radius 3 is 2.16 bits per heavy atom. The summed E-state index contributed by atoms with van der Waals surface area (Å²) in [6.45, 7) is 3.69. The molecule has 0 fully saturated rings. The molecule has 0 saturated carbocycles. The van der Waals surface area contributed by atoms with Gasteiger partial charge in [0, 0.05) is 16.9 Å². The molecule has 19 heavy (non-hydrogen) atoms. The second-order valence-corrected chi connectivity index (χ2v) is 4.92. The number of halogens is 1. The van der Waals surface area contributed by atoms with E-state index in [0.29, 0.717) is 10.6 Å². The molecule has 0 atom stereocenters. The van der Waals surface area contributed by atoms with Crippen LogP contribution in [0.15, 0.2) is 36.4 Å². The summed E-state index contributed by atoms with van der Waals surface area (Å²) in [5, 5.41) is 3.23. The number of benzene rings is 2. The predicted octanol–water partition coefficient (Wildman–Crippen LogP) is 3.82. The summed E-state index contributed by atoms with van der Waals surface area (Å²) in [6, 6.07) is 10.7. The number of aryl methyl sites for hydroxylation is 2. The maximum Gasteiger partial charge on any atom is 0.126 e. The van der Waals surface area contributed by atoms with Gasteiger partial charge in [0.2, 0.25) is 0 Å². The first kappa shape index (κ1) is 13.5. The SMILES string of the molecule is Cc1cc(Nc2ccc(C(N)=S)c(C)c2)ccc1F. The normalized spacial score (nSPS) is 10.3. The molecular weight excluding hydrogens is 259 g/mol. The van der Waals surface area contributed by atoms with Gasteiger partial charge >= 0.3 is 0 Å². The highest BCUT2D eigenvalue weighted by Gasteiger charge is 2.04. The summed E-state index contributed by atoms with van der Waals surface area (Å²) in [4.78, 5) is 0.390. The molecule has 0 aliphatic heterocycles. The van der Waals surface area contributed by atoms with E-state index in [2.05, 4.69) is 5.32 Å². The van der Waals surface area contributed by atoms with Gasteiger partial charge in [-0.2, -0.15) is 0 Å². The van der Waals surface area contributed by atoms with Crippen molar-refractivity contribution in [1.82, 2.24) is 0 Å². The molecule has 2 nitrogen and oxygen atoms in total. The van der Waals surface area contributed by atoms with Crippen LogP contribution in [-0.4, -0.2) is 4.99 Å². The molecule has 0 amide bonds. The monoisotopic (exact) mass is 274 g/mol. The first-order valence-electron chi connectivity index (χ1n) is 5.91. The van der Waals surface area contributed by atoms with Crippen LogP contribution >= 0.6 is 12.2 Å². The number of rotatable bonds is 3. The summed E-state index contributed by atoms with van der Waals surface area (Å²) in [5.41, 5.74) is 9.89. The van der Waals surface area contributed by atoms with Crippen LogP contribution in [0.4, 0.5) is 15.8 Å². The first-order chi connectivity index (χ1) is 8.97. The summed E-state index contributed by atoms with van der Waals surface area (Å²) >= 11 is 4.97. The Hall–Kier alpha value is -1.94. The quantitative estimate of drug-likeness (QED) is 0.836. The zero-order valence-corrected chi connectivity index (χ0v) is 11.6. The molecule has 2 rings (SSSR count). The van der Waals surface area contributed by atoms with Crippen LogP contribution in [0.5, 0.6) is 0 Å². The number of anilines is 2. The third-order valence-electron chi connectivity index (χ3n) is 2.94. The van der Waals surface area contributed by atoms with E-state index in [-0.39, 0.29) is 5.82 Å². The van der Waals surface area contributed by atoms with Crippen LogP contribution < -0.4 is 11.1 Å². The Bertz CT molecular complexity index is 638. The van der Waals surface area contributed by atoms with E-state index < -0.39 is 0 Å². The molecule has 98 valence electrons. The van der Waals surface area contributed by atoms with Gasteiger partial charge in [0.15, 0.2) is 0 Å². The van der Waals surface area contributed by atoms with Crippen molar-refractivity contribution in [3.8, 4) is 0 Å². The van der Waals surface area contributed by atoms with Crippen molar-refractivity contribution in [3.63, 3.8) is 0 Å². The number of nitrogens with two attached hydrogens (primary N) is 1. The van der Waals surface area contributed by atoms with Crippen molar-refractivity contribution in [2.75, 3.05) is 5.32 Å². The highest BCUT2D eigenvalue weighted by atomic mass is 32.1. The van der Waals surface area contributed by atoms with Crippen LogP contribution in [0.1, 0.15) is 16.7 Å². The summed E-state index contributed by atoms with van der Waals surface area (Å²) in [6.07, 6.45) is 0. The molecule has 0 bridgehead atoms. The van der Waals surface area contributed by atoms with Crippen LogP contribution in [0.3, 0.4) is 0 Å². The van der Waals surface area contributed by atoms with Crippen LogP contribution in [0, 0.1) is 19.7 Å². The standard InChI is InChI=1S/C15H15FN2S/c1-9-7-11(3-5-13(9)15(17)19)18-12-4-6-14(16)10(2)8-12/h3-8,18H,1-2H3,(H2,17,19). The van der Waals surface area contributed by atoms with Crippen molar-refractivity contribution in [2.24, 2.45) is 5.73 Å². The predicted molar refractivity (Wildman–Crippen MR) is 81.5 cm³/mol. The maximum atomic E-state index is 13.2. The van der Waals surface area contributed by atoms with Gasteiger partial charge in [-0.25, -0.2) is 4.39 Å². The lowest BCUT2D eigenvalue weighted by Gasteiger charge is -2.10. The largest absolute Gasteiger partial charge is 0.389 e. The minimum Gasteiger partial charge on any atom is -0.389 e. The Morgan fingerprint density at radius 1 is 1.05 bits per heavy atom. The van der Waals surface area contributed by atoms with Gasteiger partial charge < -0.3 is 11.1 Å². The van der Waals surface area contributed by atoms with Crippen molar-refractivity contribution >= 4 is 28.6 Å². The lowest BCUT2D eigenvalue weighted by atomic mass is 10.1. The lowest BCUT2D eigenvalue weighted by molar-refractivity contribution is 0.619. The second kappa shape index (κ2) is 5.36. The molecule has 4 heteroatoms. The molecule has 0 heterocycles. The van der Waals surface area contributed by atoms with Gasteiger partial charge in [-0.05, 0) is 61.4 Å². The topological polar surface area (TPSA) is 38.0 Å². The fraction of sp³-hybridized carbons (Fsp3) is 0.133. The second-order valence-electron chi connectivity index (χ2n) is 4.48. The van der Waals surface area contributed by atoms with Gasteiger partial charge in [0.05, 0.1) is 0 Å². The Balaban J connectivity index is 2.26. The van der Waals surface area contributed by atoms with Crippen molar-refractivity contribution in [1.29, 1.82) is 0 Å². The highest BCUT2D eigenvalue weighted by Crippen LogP contribution is 2.21. The first-order valence-corrected chi connectivity index (χ1v) is 6.32. The maximum absolute atomic E-state index is 13.2. The molecule has 3 N–H and O–H groups in total. The third-order valence-corrected chi connectivity index (χ3v) is 3.16. The van der Waals surface area contributed by atoms with Gasteiger partial charge in [-0.15, -0.1) is 0 Å². The molecule has 0 unspecified atom stereocenters. The highest BCUT2D eigenvalue weighted by molar-refractivity contribution is 7.80. The molecule has 0 aromatic heterocycles. The molecular formula is C15H15FN2S. The van der Waals surface area contributed by atoms with Crippen molar-refractivity contribution in [2.45, 2.75) is 13.8 Å². The van der Waals surface area contributed by atoms with Gasteiger partial charge in [-0.3, -0.25) is 0 Å². The van der Waals surface area contributed by atoms with E-state index in [1.807, 2.05) is 25.1 Å². The molecule has 0 radical (unpaired) electrons. The summed E-state index contributed by atoms with van der Waals surface area (Å²) in [7, 11) is 0. The zero-order valence-electron chi connectivity index (χ0n) is 10.8. The molecule has 0 aliphatic carbocycles. The van der Waals surface area contributed by atoms with Crippen LogP contribution in [0.25, 0.3) is 0 Å². The number of hydrogen-bond donors (Lipinski definition) is 2. The minimum atomic E-state index is -0.203.